The summed E-state index contributed by atoms with van der Waals surface area (Å²) in [5.41, 5.74) is 1.20. The summed E-state index contributed by atoms with van der Waals surface area (Å²) in [6.45, 7) is 1.12. The molecule has 1 amide bonds. The van der Waals surface area contributed by atoms with Gasteiger partial charge in [-0.1, -0.05) is 19.1 Å². The van der Waals surface area contributed by atoms with Crippen LogP contribution in [0, 0.1) is 11.6 Å². The van der Waals surface area contributed by atoms with Gasteiger partial charge < -0.3 is 14.8 Å². The molecular formula is C18H17F2NO4. The van der Waals surface area contributed by atoms with Crippen molar-refractivity contribution in [3.05, 3.63) is 59.7 Å². The standard InChI is InChI=1S/C18H17F2NO4/c1-2-12-3-6-14(7-4-12)24-11-18(23)25-10-17(22)21-13-5-8-15(19)16(20)9-13/h3-9H,2,10-11H2,1H3,(H,21,22). The van der Waals surface area contributed by atoms with E-state index >= 15 is 0 Å². The molecular weight excluding hydrogens is 332 g/mol. The number of ether oxygens (including phenoxy) is 2. The second-order valence-corrected chi connectivity index (χ2v) is 5.12. The lowest BCUT2D eigenvalue weighted by atomic mass is 10.2. The number of rotatable bonds is 7. The Hall–Kier alpha value is -2.96. The van der Waals surface area contributed by atoms with Gasteiger partial charge in [0, 0.05) is 11.8 Å². The summed E-state index contributed by atoms with van der Waals surface area (Å²) in [4.78, 5) is 23.2. The van der Waals surface area contributed by atoms with Crippen molar-refractivity contribution in [1.29, 1.82) is 0 Å². The van der Waals surface area contributed by atoms with Crippen LogP contribution in [0.2, 0.25) is 0 Å². The highest BCUT2D eigenvalue weighted by Gasteiger charge is 2.10. The van der Waals surface area contributed by atoms with Crippen LogP contribution in [0.4, 0.5) is 14.5 Å². The van der Waals surface area contributed by atoms with Crippen molar-refractivity contribution in [1.82, 2.24) is 0 Å². The number of carbonyl (C=O) groups is 2. The van der Waals surface area contributed by atoms with Gasteiger partial charge in [-0.05, 0) is 36.2 Å². The van der Waals surface area contributed by atoms with Crippen LogP contribution in [-0.4, -0.2) is 25.1 Å². The molecule has 1 N–H and O–H groups in total. The molecule has 0 aromatic heterocycles. The zero-order chi connectivity index (χ0) is 18.2. The van der Waals surface area contributed by atoms with Crippen LogP contribution in [-0.2, 0) is 20.7 Å². The first-order valence-electron chi connectivity index (χ1n) is 7.60. The largest absolute Gasteiger partial charge is 0.482 e. The van der Waals surface area contributed by atoms with Gasteiger partial charge in [0.2, 0.25) is 0 Å². The molecule has 0 aliphatic carbocycles. The van der Waals surface area contributed by atoms with Crippen molar-refractivity contribution < 1.29 is 27.8 Å². The summed E-state index contributed by atoms with van der Waals surface area (Å²) in [5, 5.41) is 2.29. The number of aryl methyl sites for hydroxylation is 1. The van der Waals surface area contributed by atoms with Gasteiger partial charge in [0.15, 0.2) is 24.8 Å². The zero-order valence-electron chi connectivity index (χ0n) is 13.6. The van der Waals surface area contributed by atoms with Gasteiger partial charge in [0.05, 0.1) is 0 Å². The van der Waals surface area contributed by atoms with Crippen molar-refractivity contribution in [2.45, 2.75) is 13.3 Å². The monoisotopic (exact) mass is 349 g/mol. The maximum Gasteiger partial charge on any atom is 0.344 e. The smallest absolute Gasteiger partial charge is 0.344 e. The summed E-state index contributed by atoms with van der Waals surface area (Å²) in [5.74, 6) is -2.99. The molecule has 0 atom stereocenters. The maximum absolute atomic E-state index is 13.0. The van der Waals surface area contributed by atoms with E-state index < -0.39 is 30.1 Å². The van der Waals surface area contributed by atoms with Crippen LogP contribution in [0.3, 0.4) is 0 Å². The fraction of sp³-hybridized carbons (Fsp3) is 0.222. The number of benzene rings is 2. The SMILES string of the molecule is CCc1ccc(OCC(=O)OCC(=O)Nc2ccc(F)c(F)c2)cc1. The second-order valence-electron chi connectivity index (χ2n) is 5.12. The molecule has 0 saturated carbocycles. The van der Waals surface area contributed by atoms with Crippen molar-refractivity contribution in [2.24, 2.45) is 0 Å². The Bertz CT molecular complexity index is 747. The average molecular weight is 349 g/mol. The number of esters is 1. The molecule has 0 bridgehead atoms. The van der Waals surface area contributed by atoms with Crippen LogP contribution in [0.5, 0.6) is 5.75 Å². The van der Waals surface area contributed by atoms with Crippen molar-refractivity contribution in [2.75, 3.05) is 18.5 Å². The molecule has 5 nitrogen and oxygen atoms in total. The molecule has 2 aromatic rings. The highest BCUT2D eigenvalue weighted by Crippen LogP contribution is 2.13. The third-order valence-corrected chi connectivity index (χ3v) is 3.26. The van der Waals surface area contributed by atoms with Crippen LogP contribution in [0.1, 0.15) is 12.5 Å². The molecule has 132 valence electrons. The summed E-state index contributed by atoms with van der Waals surface area (Å²) in [7, 11) is 0. The number of hydrogen-bond donors (Lipinski definition) is 1. The third kappa shape index (κ3) is 5.87. The topological polar surface area (TPSA) is 64.6 Å². The lowest BCUT2D eigenvalue weighted by Crippen LogP contribution is -2.23. The fourth-order valence-corrected chi connectivity index (χ4v) is 1.92. The maximum atomic E-state index is 13.0. The first-order chi connectivity index (χ1) is 12.0. The highest BCUT2D eigenvalue weighted by molar-refractivity contribution is 5.92. The molecule has 0 radical (unpaired) electrons. The van der Waals surface area contributed by atoms with Gasteiger partial charge in [-0.3, -0.25) is 4.79 Å². The van der Waals surface area contributed by atoms with E-state index in [4.69, 9.17) is 9.47 Å². The molecule has 7 heteroatoms. The van der Waals surface area contributed by atoms with Gasteiger partial charge >= 0.3 is 5.97 Å². The lowest BCUT2D eigenvalue weighted by molar-refractivity contribution is -0.149. The molecule has 0 unspecified atom stereocenters. The van der Waals surface area contributed by atoms with E-state index in [1.54, 1.807) is 12.1 Å². The molecule has 0 saturated heterocycles. The minimum atomic E-state index is -1.09. The summed E-state index contributed by atoms with van der Waals surface area (Å²) in [6, 6.07) is 10.2. The van der Waals surface area contributed by atoms with Crippen LogP contribution < -0.4 is 10.1 Å². The third-order valence-electron chi connectivity index (χ3n) is 3.26. The van der Waals surface area contributed by atoms with Gasteiger partial charge in [-0.25, -0.2) is 13.6 Å². The molecule has 2 aromatic carbocycles. The van der Waals surface area contributed by atoms with Crippen LogP contribution >= 0.6 is 0 Å². The van der Waals surface area contributed by atoms with Crippen LogP contribution in [0.15, 0.2) is 42.5 Å². The van der Waals surface area contributed by atoms with E-state index in [9.17, 15) is 18.4 Å². The van der Waals surface area contributed by atoms with Gasteiger partial charge in [0.1, 0.15) is 5.75 Å². The Labute approximate surface area is 143 Å². The van der Waals surface area contributed by atoms with Gasteiger partial charge in [-0.15, -0.1) is 0 Å². The average Bonchev–Trinajstić information content (AvgIpc) is 2.61. The highest BCUT2D eigenvalue weighted by atomic mass is 19.2. The summed E-state index contributed by atoms with van der Waals surface area (Å²) < 4.78 is 35.8. The number of carbonyl (C=O) groups excluding carboxylic acids is 2. The molecule has 0 heterocycles. The Kier molecular flexibility index (Phi) is 6.45. The Balaban J connectivity index is 1.73. The number of halogens is 2. The zero-order valence-corrected chi connectivity index (χ0v) is 13.6. The number of hydrogen-bond acceptors (Lipinski definition) is 4. The number of nitrogens with one attached hydrogen (secondary N) is 1. The first-order valence-corrected chi connectivity index (χ1v) is 7.60. The summed E-state index contributed by atoms with van der Waals surface area (Å²) >= 11 is 0. The normalized spacial score (nSPS) is 10.2. The predicted octanol–water partition coefficient (Wildman–Crippen LogP) is 3.09. The first kappa shape index (κ1) is 18.4. The predicted molar refractivity (Wildman–Crippen MR) is 87.3 cm³/mol. The Morgan fingerprint density at radius 3 is 2.36 bits per heavy atom. The Morgan fingerprint density at radius 2 is 1.72 bits per heavy atom. The molecule has 25 heavy (non-hydrogen) atoms. The summed E-state index contributed by atoms with van der Waals surface area (Å²) in [6.07, 6.45) is 0.898. The van der Waals surface area contributed by atoms with E-state index in [1.165, 1.54) is 6.07 Å². The fourth-order valence-electron chi connectivity index (χ4n) is 1.92. The number of amides is 1. The molecule has 0 fully saturated rings. The molecule has 0 aliphatic rings. The Morgan fingerprint density at radius 1 is 1.00 bits per heavy atom. The van der Waals surface area contributed by atoms with E-state index in [-0.39, 0.29) is 12.3 Å². The second kappa shape index (κ2) is 8.77. The van der Waals surface area contributed by atoms with Gasteiger partial charge in [0.25, 0.3) is 5.91 Å². The minimum absolute atomic E-state index is 0.0622. The van der Waals surface area contributed by atoms with E-state index in [0.29, 0.717) is 5.75 Å². The molecule has 2 rings (SSSR count). The van der Waals surface area contributed by atoms with E-state index in [1.807, 2.05) is 19.1 Å². The lowest BCUT2D eigenvalue weighted by Gasteiger charge is -2.08. The quantitative estimate of drug-likeness (QED) is 0.780. The van der Waals surface area contributed by atoms with Crippen molar-refractivity contribution >= 4 is 17.6 Å². The molecule has 0 spiro atoms. The van der Waals surface area contributed by atoms with E-state index in [0.717, 1.165) is 24.1 Å². The van der Waals surface area contributed by atoms with E-state index in [2.05, 4.69) is 5.32 Å². The number of anilines is 1. The van der Waals surface area contributed by atoms with Crippen molar-refractivity contribution in [3.8, 4) is 5.75 Å². The van der Waals surface area contributed by atoms with Crippen LogP contribution in [0.25, 0.3) is 0 Å². The van der Waals surface area contributed by atoms with Gasteiger partial charge in [-0.2, -0.15) is 0 Å². The molecule has 0 aliphatic heterocycles. The minimum Gasteiger partial charge on any atom is -0.482 e. The van der Waals surface area contributed by atoms with Crippen molar-refractivity contribution in [3.63, 3.8) is 0 Å².